The van der Waals surface area contributed by atoms with Gasteiger partial charge in [0.15, 0.2) is 22.0 Å². The van der Waals surface area contributed by atoms with Crippen molar-refractivity contribution in [2.75, 3.05) is 13.7 Å². The summed E-state index contributed by atoms with van der Waals surface area (Å²) in [5, 5.41) is 0.389. The van der Waals surface area contributed by atoms with Gasteiger partial charge in [0.05, 0.1) is 51.2 Å². The summed E-state index contributed by atoms with van der Waals surface area (Å²) in [6.07, 6.45) is 1.68. The first kappa shape index (κ1) is 34.0. The van der Waals surface area contributed by atoms with Crippen LogP contribution in [0.2, 0.25) is 5.02 Å². The van der Waals surface area contributed by atoms with E-state index in [0.717, 1.165) is 10.0 Å². The number of aromatic nitrogens is 1. The van der Waals surface area contributed by atoms with E-state index in [4.69, 9.17) is 30.5 Å². The Labute approximate surface area is 292 Å². The van der Waals surface area contributed by atoms with Gasteiger partial charge in [-0.25, -0.2) is 9.79 Å². The normalized spacial score (nSPS) is 14.6. The second-order valence-corrected chi connectivity index (χ2v) is 13.8. The average Bonchev–Trinajstić information content (AvgIpc) is 3.30. The molecule has 0 saturated heterocycles. The van der Waals surface area contributed by atoms with Crippen LogP contribution < -0.4 is 29.1 Å². The summed E-state index contributed by atoms with van der Waals surface area (Å²) >= 11 is 14.9. The van der Waals surface area contributed by atoms with Crippen molar-refractivity contribution in [3.8, 4) is 17.2 Å². The number of carbonyl (C=O) groups excluding carboxylic acids is 1. The third-order valence-electron chi connectivity index (χ3n) is 7.00. The number of ether oxygens (including phenoxy) is 4. The van der Waals surface area contributed by atoms with Gasteiger partial charge in [-0.3, -0.25) is 9.36 Å². The summed E-state index contributed by atoms with van der Waals surface area (Å²) in [5.41, 5.74) is 2.76. The van der Waals surface area contributed by atoms with E-state index in [0.29, 0.717) is 59.5 Å². The number of hydrogen-bond donors (Lipinski definition) is 0. The van der Waals surface area contributed by atoms with Gasteiger partial charge in [0, 0.05) is 4.47 Å². The third kappa shape index (κ3) is 7.27. The van der Waals surface area contributed by atoms with Crippen LogP contribution in [-0.4, -0.2) is 30.4 Å². The number of methoxy groups -OCH3 is 1. The van der Waals surface area contributed by atoms with Crippen molar-refractivity contribution in [3.63, 3.8) is 0 Å². The number of esters is 1. The first-order valence-electron chi connectivity index (χ1n) is 14.4. The Morgan fingerprint density at radius 2 is 1.85 bits per heavy atom. The largest absolute Gasteiger partial charge is 0.493 e. The zero-order chi connectivity index (χ0) is 33.1. The first-order chi connectivity index (χ1) is 22.0. The van der Waals surface area contributed by atoms with Crippen molar-refractivity contribution in [3.05, 3.63) is 116 Å². The number of carbonyl (C=O) groups is 1. The lowest BCUT2D eigenvalue weighted by Crippen LogP contribution is -2.40. The quantitative estimate of drug-likeness (QED) is 0.156. The van der Waals surface area contributed by atoms with Gasteiger partial charge in [0.25, 0.3) is 5.56 Å². The van der Waals surface area contributed by atoms with Gasteiger partial charge in [-0.05, 0) is 103 Å². The molecule has 0 N–H and O–H groups in total. The summed E-state index contributed by atoms with van der Waals surface area (Å²) in [6.45, 7) is 7.84. The fraction of sp³-hybridized carbons (Fsp3) is 0.265. The molecule has 1 aliphatic heterocycles. The predicted molar refractivity (Wildman–Crippen MR) is 187 cm³/mol. The fourth-order valence-electron chi connectivity index (χ4n) is 5.00. The van der Waals surface area contributed by atoms with Gasteiger partial charge < -0.3 is 18.9 Å². The molecule has 5 rings (SSSR count). The Kier molecular flexibility index (Phi) is 10.8. The summed E-state index contributed by atoms with van der Waals surface area (Å²) < 4.78 is 26.5. The second-order valence-electron chi connectivity index (χ2n) is 10.6. The van der Waals surface area contributed by atoms with Crippen LogP contribution in [0.15, 0.2) is 84.6 Å². The molecular weight excluding hydrogens is 760 g/mol. The lowest BCUT2D eigenvalue weighted by molar-refractivity contribution is -0.139. The van der Waals surface area contributed by atoms with E-state index in [9.17, 15) is 9.59 Å². The summed E-state index contributed by atoms with van der Waals surface area (Å²) in [7, 11) is 1.55. The third-order valence-corrected chi connectivity index (χ3v) is 9.38. The zero-order valence-corrected chi connectivity index (χ0v) is 30.5. The number of fused-ring (bicyclic) bond motifs is 1. The summed E-state index contributed by atoms with van der Waals surface area (Å²) in [5.74, 6) is 0.988. The van der Waals surface area contributed by atoms with E-state index >= 15 is 0 Å². The highest BCUT2D eigenvalue weighted by molar-refractivity contribution is 9.10. The Morgan fingerprint density at radius 3 is 2.50 bits per heavy atom. The number of rotatable bonds is 10. The molecule has 4 aromatic rings. The highest BCUT2D eigenvalue weighted by atomic mass is 79.9. The maximum Gasteiger partial charge on any atom is 0.338 e. The average molecular weight is 791 g/mol. The topological polar surface area (TPSA) is 88.4 Å². The van der Waals surface area contributed by atoms with Crippen LogP contribution >= 0.6 is 54.8 Å². The molecule has 0 amide bonds. The van der Waals surface area contributed by atoms with Gasteiger partial charge in [0.1, 0.15) is 6.61 Å². The van der Waals surface area contributed by atoms with Gasteiger partial charge >= 0.3 is 5.97 Å². The zero-order valence-electron chi connectivity index (χ0n) is 25.7. The minimum atomic E-state index is -0.802. The molecule has 0 bridgehead atoms. The van der Waals surface area contributed by atoms with Crippen LogP contribution in [0, 0.1) is 0 Å². The van der Waals surface area contributed by atoms with E-state index in [2.05, 4.69) is 36.9 Å². The summed E-state index contributed by atoms with van der Waals surface area (Å²) in [6, 6.07) is 16.0. The minimum absolute atomic E-state index is 0.0738. The molecule has 240 valence electrons. The van der Waals surface area contributed by atoms with E-state index in [1.54, 1.807) is 45.2 Å². The predicted octanol–water partition coefficient (Wildman–Crippen LogP) is 7.35. The lowest BCUT2D eigenvalue weighted by Gasteiger charge is -2.25. The number of hydrogen-bond acceptors (Lipinski definition) is 8. The van der Waals surface area contributed by atoms with E-state index in [1.807, 2.05) is 50.2 Å². The second kappa shape index (κ2) is 14.6. The van der Waals surface area contributed by atoms with Crippen LogP contribution in [0.4, 0.5) is 0 Å². The van der Waals surface area contributed by atoms with Crippen molar-refractivity contribution in [2.24, 2.45) is 4.99 Å². The maximum absolute atomic E-state index is 14.1. The van der Waals surface area contributed by atoms with Crippen molar-refractivity contribution in [2.45, 2.75) is 46.4 Å². The van der Waals surface area contributed by atoms with E-state index in [-0.39, 0.29) is 23.8 Å². The van der Waals surface area contributed by atoms with Crippen molar-refractivity contribution in [1.82, 2.24) is 4.57 Å². The van der Waals surface area contributed by atoms with Crippen LogP contribution in [0.25, 0.3) is 6.08 Å². The van der Waals surface area contributed by atoms with Gasteiger partial charge in [0.2, 0.25) is 0 Å². The molecule has 0 unspecified atom stereocenters. The summed E-state index contributed by atoms with van der Waals surface area (Å²) in [4.78, 5) is 32.5. The number of halogens is 3. The Balaban J connectivity index is 1.57. The van der Waals surface area contributed by atoms with Crippen molar-refractivity contribution >= 4 is 66.8 Å². The maximum atomic E-state index is 14.1. The van der Waals surface area contributed by atoms with Crippen LogP contribution in [0.1, 0.15) is 50.4 Å². The fourth-order valence-corrected chi connectivity index (χ4v) is 7.30. The number of allylic oxidation sites excluding steroid dienone is 1. The lowest BCUT2D eigenvalue weighted by atomic mass is 9.95. The number of nitrogens with zero attached hydrogens (tertiary/aromatic N) is 2. The molecule has 46 heavy (non-hydrogen) atoms. The highest BCUT2D eigenvalue weighted by Gasteiger charge is 2.34. The molecule has 0 saturated carbocycles. The SMILES string of the molecule is CCOC(=O)C1=C(C)N=c2s/c(=C\c3cc(Cl)c(OCc4ccc(Br)cc4)c(Br)c3)c(=O)n2[C@H]1c1ccc(OC(C)C)c(OC)c1. The first-order valence-corrected chi connectivity index (χ1v) is 17.2. The molecule has 1 aliphatic rings. The Hall–Kier alpha value is -3.38. The standard InChI is InChI=1S/C34H31Br2ClN2O6S/c1-6-43-33(41)29-19(4)38-34-39(30(29)22-9-12-26(45-18(2)3)27(16-22)42-5)32(40)28(46-34)15-21-13-24(36)31(25(37)14-21)44-17-20-7-10-23(35)11-8-20/h7-16,18,30H,6,17H2,1-5H3/b28-15-/t30-/m0/s1. The van der Waals surface area contributed by atoms with Gasteiger partial charge in [-0.15, -0.1) is 0 Å². The van der Waals surface area contributed by atoms with Crippen LogP contribution in [-0.2, 0) is 16.1 Å². The van der Waals surface area contributed by atoms with E-state index in [1.165, 1.54) is 15.9 Å². The van der Waals surface area contributed by atoms with Crippen LogP contribution in [0.3, 0.4) is 0 Å². The molecule has 0 spiro atoms. The molecule has 0 aliphatic carbocycles. The molecule has 1 atom stereocenters. The van der Waals surface area contributed by atoms with Gasteiger partial charge in [-0.2, -0.15) is 0 Å². The van der Waals surface area contributed by atoms with E-state index < -0.39 is 12.0 Å². The number of benzene rings is 3. The Morgan fingerprint density at radius 1 is 1.11 bits per heavy atom. The van der Waals surface area contributed by atoms with Gasteiger partial charge in [-0.1, -0.05) is 57.1 Å². The Bertz CT molecular complexity index is 1980. The van der Waals surface area contributed by atoms with Crippen molar-refractivity contribution in [1.29, 1.82) is 0 Å². The number of thiazole rings is 1. The molecule has 0 fully saturated rings. The molecule has 2 heterocycles. The molecule has 12 heteroatoms. The smallest absolute Gasteiger partial charge is 0.338 e. The molecule has 3 aromatic carbocycles. The van der Waals surface area contributed by atoms with Crippen LogP contribution in [0.5, 0.6) is 17.2 Å². The minimum Gasteiger partial charge on any atom is -0.493 e. The monoisotopic (exact) mass is 788 g/mol. The van der Waals surface area contributed by atoms with Crippen molar-refractivity contribution < 1.29 is 23.7 Å². The molecular formula is C34H31Br2ClN2O6S. The molecule has 8 nitrogen and oxygen atoms in total. The molecule has 0 radical (unpaired) electrons. The highest BCUT2D eigenvalue weighted by Crippen LogP contribution is 2.37. The molecule has 1 aromatic heterocycles.